The van der Waals surface area contributed by atoms with E-state index in [1.165, 1.54) is 28.7 Å². The van der Waals surface area contributed by atoms with Crippen molar-refractivity contribution in [1.29, 1.82) is 0 Å². The van der Waals surface area contributed by atoms with Crippen molar-refractivity contribution in [2.75, 3.05) is 10.6 Å². The lowest BCUT2D eigenvalue weighted by molar-refractivity contribution is -0.115. The fourth-order valence-electron chi connectivity index (χ4n) is 4.68. The Morgan fingerprint density at radius 3 is 2.06 bits per heavy atom. The van der Waals surface area contributed by atoms with Crippen molar-refractivity contribution in [1.82, 2.24) is 10.3 Å². The maximum atomic E-state index is 13.4. The van der Waals surface area contributed by atoms with Crippen molar-refractivity contribution in [2.45, 2.75) is 43.8 Å². The molecule has 1 unspecified atom stereocenters. The summed E-state index contributed by atoms with van der Waals surface area (Å²) in [5.41, 5.74) is 4.97. The molecule has 0 aliphatic heterocycles. The summed E-state index contributed by atoms with van der Waals surface area (Å²) in [4.78, 5) is 45.9. The quantitative estimate of drug-likeness (QED) is 0.0972. The standard InChI is InChI=1S/C38H36N4O3S2/c1-24(2)28-17-15-27(16-18-28)23-33(40-36(44)30-13-9-6-10-14-30)37(45)39-31-19-21-32(22-20-31)46-26(4)35(43)42-38-41-34(25(3)47-38)29-11-7-5-8-12-29/h5-24,26H,1-4H3,(H,39,45)(H,40,44)(H,41,42,43)/b33-23-. The Bertz CT molecular complexity index is 1870. The fraction of sp³-hybridized carbons (Fsp3) is 0.158. The second-order valence-corrected chi connectivity index (χ2v) is 13.8. The van der Waals surface area contributed by atoms with Crippen molar-refractivity contribution in [3.63, 3.8) is 0 Å². The Morgan fingerprint density at radius 2 is 1.43 bits per heavy atom. The van der Waals surface area contributed by atoms with Crippen LogP contribution >= 0.6 is 23.1 Å². The average molecular weight is 661 g/mol. The van der Waals surface area contributed by atoms with E-state index in [9.17, 15) is 14.4 Å². The second-order valence-electron chi connectivity index (χ2n) is 11.2. The predicted octanol–water partition coefficient (Wildman–Crippen LogP) is 8.77. The Morgan fingerprint density at radius 1 is 0.787 bits per heavy atom. The molecule has 0 radical (unpaired) electrons. The van der Waals surface area contributed by atoms with E-state index < -0.39 is 5.91 Å². The van der Waals surface area contributed by atoms with Gasteiger partial charge in [-0.25, -0.2) is 4.98 Å². The van der Waals surface area contributed by atoms with E-state index in [1.54, 1.807) is 42.5 Å². The molecule has 0 saturated heterocycles. The number of benzene rings is 4. The van der Waals surface area contributed by atoms with Crippen LogP contribution in [0.3, 0.4) is 0 Å². The van der Waals surface area contributed by atoms with Crippen LogP contribution in [0.4, 0.5) is 10.8 Å². The van der Waals surface area contributed by atoms with Gasteiger partial charge in [-0.3, -0.25) is 14.4 Å². The van der Waals surface area contributed by atoms with Crippen LogP contribution in [0.5, 0.6) is 0 Å². The van der Waals surface area contributed by atoms with Gasteiger partial charge in [-0.15, -0.1) is 23.1 Å². The number of thiazole rings is 1. The zero-order valence-electron chi connectivity index (χ0n) is 26.6. The van der Waals surface area contributed by atoms with E-state index in [2.05, 4.69) is 34.8 Å². The minimum Gasteiger partial charge on any atom is -0.321 e. The van der Waals surface area contributed by atoms with E-state index in [1.807, 2.05) is 86.6 Å². The molecule has 0 fully saturated rings. The summed E-state index contributed by atoms with van der Waals surface area (Å²) in [5.74, 6) is -0.605. The van der Waals surface area contributed by atoms with Gasteiger partial charge in [-0.05, 0) is 73.4 Å². The van der Waals surface area contributed by atoms with Gasteiger partial charge in [-0.1, -0.05) is 86.6 Å². The highest BCUT2D eigenvalue weighted by molar-refractivity contribution is 8.00. The molecule has 5 rings (SSSR count). The second kappa shape index (κ2) is 15.5. The third kappa shape index (κ3) is 9.06. The van der Waals surface area contributed by atoms with Gasteiger partial charge >= 0.3 is 0 Å². The van der Waals surface area contributed by atoms with E-state index in [-0.39, 0.29) is 22.8 Å². The van der Waals surface area contributed by atoms with E-state index in [0.717, 1.165) is 26.6 Å². The van der Waals surface area contributed by atoms with Gasteiger partial charge in [0.1, 0.15) is 5.70 Å². The summed E-state index contributed by atoms with van der Waals surface area (Å²) in [6, 6.07) is 33.8. The van der Waals surface area contributed by atoms with Crippen LogP contribution in [0.25, 0.3) is 17.3 Å². The Hall–Kier alpha value is -4.99. The lowest BCUT2D eigenvalue weighted by Gasteiger charge is -2.13. The zero-order valence-corrected chi connectivity index (χ0v) is 28.2. The van der Waals surface area contributed by atoms with Crippen molar-refractivity contribution < 1.29 is 14.4 Å². The number of hydrogen-bond donors (Lipinski definition) is 3. The predicted molar refractivity (Wildman–Crippen MR) is 194 cm³/mol. The Labute approximate surface area is 283 Å². The molecule has 0 aliphatic carbocycles. The molecule has 0 aliphatic rings. The number of anilines is 2. The first kappa shape index (κ1) is 33.4. The monoisotopic (exact) mass is 660 g/mol. The largest absolute Gasteiger partial charge is 0.321 e. The van der Waals surface area contributed by atoms with E-state index in [0.29, 0.717) is 22.3 Å². The summed E-state index contributed by atoms with van der Waals surface area (Å²) in [5, 5.41) is 8.80. The minimum atomic E-state index is -0.455. The Kier molecular flexibility index (Phi) is 11.0. The fourth-order valence-corrected chi connectivity index (χ4v) is 6.39. The number of carbonyl (C=O) groups is 3. The number of rotatable bonds is 11. The number of aromatic nitrogens is 1. The maximum Gasteiger partial charge on any atom is 0.272 e. The van der Waals surface area contributed by atoms with Crippen LogP contribution in [-0.4, -0.2) is 28.0 Å². The number of thioether (sulfide) groups is 1. The van der Waals surface area contributed by atoms with Gasteiger partial charge in [0, 0.05) is 26.6 Å². The maximum absolute atomic E-state index is 13.4. The van der Waals surface area contributed by atoms with Crippen molar-refractivity contribution in [3.8, 4) is 11.3 Å². The number of aryl methyl sites for hydroxylation is 1. The van der Waals surface area contributed by atoms with E-state index in [4.69, 9.17) is 0 Å². The van der Waals surface area contributed by atoms with Gasteiger partial charge in [0.15, 0.2) is 5.13 Å². The van der Waals surface area contributed by atoms with Crippen LogP contribution in [0.15, 0.2) is 120 Å². The number of nitrogens with one attached hydrogen (secondary N) is 3. The molecule has 47 heavy (non-hydrogen) atoms. The van der Waals surface area contributed by atoms with Gasteiger partial charge < -0.3 is 16.0 Å². The Balaban J connectivity index is 1.23. The van der Waals surface area contributed by atoms with Crippen LogP contribution in [0.1, 0.15) is 53.1 Å². The normalized spacial score (nSPS) is 12.0. The average Bonchev–Trinajstić information content (AvgIpc) is 3.45. The topological polar surface area (TPSA) is 100 Å². The van der Waals surface area contributed by atoms with Crippen LogP contribution in [0.2, 0.25) is 0 Å². The summed E-state index contributed by atoms with van der Waals surface area (Å²) in [7, 11) is 0. The number of carbonyl (C=O) groups excluding carboxylic acids is 3. The molecule has 3 amide bonds. The van der Waals surface area contributed by atoms with Gasteiger partial charge in [0.05, 0.1) is 10.9 Å². The van der Waals surface area contributed by atoms with Crippen molar-refractivity contribution in [3.05, 3.63) is 136 Å². The SMILES string of the molecule is Cc1sc(NC(=O)C(C)Sc2ccc(NC(=O)/C(=C/c3ccc(C(C)C)cc3)NC(=O)c3ccccc3)cc2)nc1-c1ccccc1. The number of nitrogens with zero attached hydrogens (tertiary/aromatic N) is 1. The molecule has 7 nitrogen and oxygen atoms in total. The first-order valence-electron chi connectivity index (χ1n) is 15.3. The first-order chi connectivity index (χ1) is 22.7. The number of amides is 3. The highest BCUT2D eigenvalue weighted by Crippen LogP contribution is 2.31. The molecule has 238 valence electrons. The lowest BCUT2D eigenvalue weighted by atomic mass is 10.0. The molecule has 1 atom stereocenters. The smallest absolute Gasteiger partial charge is 0.272 e. The molecule has 9 heteroatoms. The molecule has 0 saturated carbocycles. The molecule has 4 aromatic carbocycles. The zero-order chi connectivity index (χ0) is 33.3. The third-order valence-electron chi connectivity index (χ3n) is 7.31. The molecular weight excluding hydrogens is 625 g/mol. The van der Waals surface area contributed by atoms with E-state index >= 15 is 0 Å². The van der Waals surface area contributed by atoms with Crippen LogP contribution in [-0.2, 0) is 9.59 Å². The van der Waals surface area contributed by atoms with Crippen LogP contribution in [0, 0.1) is 6.92 Å². The molecular formula is C38H36N4O3S2. The van der Waals surface area contributed by atoms with Gasteiger partial charge in [0.25, 0.3) is 11.8 Å². The highest BCUT2D eigenvalue weighted by atomic mass is 32.2. The minimum absolute atomic E-state index is 0.118. The van der Waals surface area contributed by atoms with Crippen molar-refractivity contribution >= 4 is 57.7 Å². The van der Waals surface area contributed by atoms with Gasteiger partial charge in [-0.2, -0.15) is 0 Å². The molecule has 1 aromatic heterocycles. The summed E-state index contributed by atoms with van der Waals surface area (Å²) >= 11 is 2.86. The van der Waals surface area contributed by atoms with Crippen molar-refractivity contribution in [2.24, 2.45) is 0 Å². The molecule has 5 aromatic rings. The lowest BCUT2D eigenvalue weighted by Crippen LogP contribution is -2.30. The summed E-state index contributed by atoms with van der Waals surface area (Å²) < 4.78 is 0. The molecule has 1 heterocycles. The summed E-state index contributed by atoms with van der Waals surface area (Å²) in [6.07, 6.45) is 1.66. The summed E-state index contributed by atoms with van der Waals surface area (Å²) in [6.45, 7) is 8.07. The number of hydrogen-bond acceptors (Lipinski definition) is 6. The highest BCUT2D eigenvalue weighted by Gasteiger charge is 2.19. The molecule has 3 N–H and O–H groups in total. The third-order valence-corrected chi connectivity index (χ3v) is 9.31. The first-order valence-corrected chi connectivity index (χ1v) is 17.0. The van der Waals surface area contributed by atoms with Gasteiger partial charge in [0.2, 0.25) is 5.91 Å². The molecule has 0 bridgehead atoms. The van der Waals surface area contributed by atoms with Crippen LogP contribution < -0.4 is 16.0 Å². The molecule has 0 spiro atoms.